The molecule has 2 fully saturated rings. The smallest absolute Gasteiger partial charge is 0.282 e. The van der Waals surface area contributed by atoms with Gasteiger partial charge in [0.25, 0.3) is 10.2 Å². The molecule has 2 saturated heterocycles. The normalized spacial score (nSPS) is 19.8. The lowest BCUT2D eigenvalue weighted by atomic mass is 10.2. The summed E-state index contributed by atoms with van der Waals surface area (Å²) < 4.78 is 55.2. The highest BCUT2D eigenvalue weighted by Crippen LogP contribution is 2.21. The second-order valence-electron chi connectivity index (χ2n) is 8.00. The van der Waals surface area contributed by atoms with Crippen molar-refractivity contribution in [2.45, 2.75) is 13.0 Å². The van der Waals surface area contributed by atoms with E-state index in [0.29, 0.717) is 44.7 Å². The number of anilines is 1. The van der Waals surface area contributed by atoms with E-state index in [1.165, 1.54) is 32.9 Å². The van der Waals surface area contributed by atoms with E-state index in [4.69, 9.17) is 0 Å². The third-order valence-electron chi connectivity index (χ3n) is 5.85. The van der Waals surface area contributed by atoms with Crippen molar-refractivity contribution in [2.24, 2.45) is 0 Å². The van der Waals surface area contributed by atoms with E-state index in [-0.39, 0.29) is 31.4 Å². The van der Waals surface area contributed by atoms with Crippen LogP contribution in [0.2, 0.25) is 0 Å². The van der Waals surface area contributed by atoms with E-state index in [2.05, 4.69) is 4.90 Å². The summed E-state index contributed by atoms with van der Waals surface area (Å²) in [6.45, 7) is 2.60. The minimum atomic E-state index is -3.82. The van der Waals surface area contributed by atoms with Crippen LogP contribution in [-0.4, -0.2) is 73.6 Å². The number of hydrogen-bond acceptors (Lipinski definition) is 4. The maximum atomic E-state index is 13.5. The first kappa shape index (κ1) is 22.6. The van der Waals surface area contributed by atoms with Crippen LogP contribution in [0.1, 0.15) is 12.0 Å². The van der Waals surface area contributed by atoms with Gasteiger partial charge in [-0.2, -0.15) is 17.0 Å². The lowest BCUT2D eigenvalue weighted by molar-refractivity contribution is -0.131. The molecule has 0 spiro atoms. The van der Waals surface area contributed by atoms with Gasteiger partial charge in [0.1, 0.15) is 11.6 Å². The van der Waals surface area contributed by atoms with E-state index in [9.17, 15) is 22.0 Å². The Hall–Kier alpha value is -2.56. The molecular formula is C22H26F2N4O3S. The molecule has 2 aromatic rings. The number of amides is 1. The molecule has 0 N–H and O–H groups in total. The number of carbonyl (C=O) groups is 1. The topological polar surface area (TPSA) is 64.2 Å². The van der Waals surface area contributed by atoms with Crippen LogP contribution in [0.25, 0.3) is 0 Å². The average molecular weight is 465 g/mol. The van der Waals surface area contributed by atoms with Crippen LogP contribution in [-0.2, 0) is 21.5 Å². The fourth-order valence-electron chi connectivity index (χ4n) is 4.09. The first-order valence-corrected chi connectivity index (χ1v) is 12.0. The predicted octanol–water partition coefficient (Wildman–Crippen LogP) is 2.07. The molecule has 2 aliphatic heterocycles. The second-order valence-corrected chi connectivity index (χ2v) is 9.93. The number of halogens is 2. The summed E-state index contributed by atoms with van der Waals surface area (Å²) >= 11 is 0. The zero-order chi connectivity index (χ0) is 22.7. The number of piperazine rings is 1. The molecule has 10 heteroatoms. The van der Waals surface area contributed by atoms with Crippen molar-refractivity contribution in [3.8, 4) is 0 Å². The zero-order valence-corrected chi connectivity index (χ0v) is 18.5. The molecule has 0 bridgehead atoms. The van der Waals surface area contributed by atoms with Crippen molar-refractivity contribution >= 4 is 21.8 Å². The molecule has 1 amide bonds. The number of nitrogens with zero attached hydrogens (tertiary/aromatic N) is 4. The molecule has 0 radical (unpaired) electrons. The molecule has 0 atom stereocenters. The zero-order valence-electron chi connectivity index (χ0n) is 17.7. The van der Waals surface area contributed by atoms with Crippen molar-refractivity contribution in [1.29, 1.82) is 0 Å². The van der Waals surface area contributed by atoms with Gasteiger partial charge in [0, 0.05) is 51.5 Å². The second kappa shape index (κ2) is 9.51. The highest BCUT2D eigenvalue weighted by molar-refractivity contribution is 7.86. The summed E-state index contributed by atoms with van der Waals surface area (Å²) in [4.78, 5) is 16.6. The van der Waals surface area contributed by atoms with Crippen LogP contribution in [0.15, 0.2) is 48.5 Å². The molecular weight excluding hydrogens is 438 g/mol. The van der Waals surface area contributed by atoms with E-state index in [0.717, 1.165) is 5.69 Å². The SMILES string of the molecule is O=C(CN1CCCN(Cc2cccc(F)c2)S1(=O)=O)N1CCN(c2ccc(F)cc2)CC1. The first-order chi connectivity index (χ1) is 15.3. The lowest BCUT2D eigenvalue weighted by Gasteiger charge is -2.38. The molecule has 172 valence electrons. The Morgan fingerprint density at radius 2 is 1.53 bits per heavy atom. The van der Waals surface area contributed by atoms with Gasteiger partial charge in [0.05, 0.1) is 6.54 Å². The number of benzene rings is 2. The van der Waals surface area contributed by atoms with E-state index in [1.807, 2.05) is 0 Å². The average Bonchev–Trinajstić information content (AvgIpc) is 2.77. The van der Waals surface area contributed by atoms with E-state index < -0.39 is 16.0 Å². The largest absolute Gasteiger partial charge is 0.368 e. The standard InChI is InChI=1S/C22H26F2N4O3S/c23-19-5-7-21(8-6-19)25-11-13-26(14-12-25)22(29)17-28-10-2-9-27(32(28,30)31)16-18-3-1-4-20(24)15-18/h1,3-8,15H,2,9-14,16-17H2. The third kappa shape index (κ3) is 5.08. The number of hydrogen-bond donors (Lipinski definition) is 0. The Balaban J connectivity index is 1.35. The molecule has 32 heavy (non-hydrogen) atoms. The fourth-order valence-corrected chi connectivity index (χ4v) is 5.73. The molecule has 4 rings (SSSR count). The van der Waals surface area contributed by atoms with Crippen LogP contribution < -0.4 is 4.90 Å². The quantitative estimate of drug-likeness (QED) is 0.680. The maximum absolute atomic E-state index is 13.5. The highest BCUT2D eigenvalue weighted by Gasteiger charge is 2.36. The van der Waals surface area contributed by atoms with Crippen molar-refractivity contribution in [3.63, 3.8) is 0 Å². The van der Waals surface area contributed by atoms with Gasteiger partial charge in [-0.15, -0.1) is 0 Å². The van der Waals surface area contributed by atoms with Gasteiger partial charge in [-0.3, -0.25) is 4.79 Å². The van der Waals surface area contributed by atoms with Crippen LogP contribution in [0.5, 0.6) is 0 Å². The Morgan fingerprint density at radius 3 is 2.22 bits per heavy atom. The van der Waals surface area contributed by atoms with Crippen molar-refractivity contribution in [2.75, 3.05) is 50.7 Å². The molecule has 0 aromatic heterocycles. The van der Waals surface area contributed by atoms with Crippen LogP contribution in [0.3, 0.4) is 0 Å². The first-order valence-electron chi connectivity index (χ1n) is 10.6. The fraction of sp³-hybridized carbons (Fsp3) is 0.409. The van der Waals surface area contributed by atoms with E-state index in [1.54, 1.807) is 29.2 Å². The molecule has 0 aliphatic carbocycles. The molecule has 2 heterocycles. The van der Waals surface area contributed by atoms with Crippen molar-refractivity contribution in [1.82, 2.24) is 13.5 Å². The van der Waals surface area contributed by atoms with Gasteiger partial charge in [-0.1, -0.05) is 12.1 Å². The summed E-state index contributed by atoms with van der Waals surface area (Å²) in [6.07, 6.45) is 0.597. The van der Waals surface area contributed by atoms with Crippen molar-refractivity contribution < 1.29 is 22.0 Å². The van der Waals surface area contributed by atoms with Crippen LogP contribution in [0, 0.1) is 11.6 Å². The number of rotatable bonds is 5. The molecule has 7 nitrogen and oxygen atoms in total. The lowest BCUT2D eigenvalue weighted by Crippen LogP contribution is -2.55. The molecule has 0 saturated carbocycles. The van der Waals surface area contributed by atoms with Crippen LogP contribution >= 0.6 is 0 Å². The molecule has 0 unspecified atom stereocenters. The van der Waals surface area contributed by atoms with Gasteiger partial charge in [-0.25, -0.2) is 8.78 Å². The number of carbonyl (C=O) groups excluding carboxylic acids is 1. The Morgan fingerprint density at radius 1 is 0.844 bits per heavy atom. The molecule has 2 aliphatic rings. The van der Waals surface area contributed by atoms with Gasteiger partial charge < -0.3 is 9.80 Å². The van der Waals surface area contributed by atoms with E-state index >= 15 is 0 Å². The van der Waals surface area contributed by atoms with Gasteiger partial charge in [0.15, 0.2) is 0 Å². The Labute approximate surface area is 187 Å². The Kier molecular flexibility index (Phi) is 6.73. The minimum absolute atomic E-state index is 0.0706. The maximum Gasteiger partial charge on any atom is 0.282 e. The Bertz CT molecular complexity index is 1060. The summed E-state index contributed by atoms with van der Waals surface area (Å²) in [7, 11) is -3.82. The van der Waals surface area contributed by atoms with Gasteiger partial charge in [0.2, 0.25) is 5.91 Å². The minimum Gasteiger partial charge on any atom is -0.368 e. The summed E-state index contributed by atoms with van der Waals surface area (Å²) in [6, 6.07) is 12.1. The summed E-state index contributed by atoms with van der Waals surface area (Å²) in [5.41, 5.74) is 1.46. The monoisotopic (exact) mass is 464 g/mol. The third-order valence-corrected chi connectivity index (χ3v) is 7.78. The molecule has 2 aromatic carbocycles. The highest BCUT2D eigenvalue weighted by atomic mass is 32.2. The van der Waals surface area contributed by atoms with Crippen molar-refractivity contribution in [3.05, 3.63) is 65.7 Å². The van der Waals surface area contributed by atoms with Gasteiger partial charge in [-0.05, 0) is 48.4 Å². The van der Waals surface area contributed by atoms with Crippen LogP contribution in [0.4, 0.5) is 14.5 Å². The predicted molar refractivity (Wildman–Crippen MR) is 117 cm³/mol. The summed E-state index contributed by atoms with van der Waals surface area (Å²) in [5, 5.41) is 0. The van der Waals surface area contributed by atoms with Gasteiger partial charge >= 0.3 is 0 Å². The summed E-state index contributed by atoms with van der Waals surface area (Å²) in [5.74, 6) is -0.944.